The zero-order valence-corrected chi connectivity index (χ0v) is 12.3. The molecular formula is C13H8BrClFNO3. The first-order chi connectivity index (χ1) is 9.51. The van der Waals surface area contributed by atoms with Crippen molar-refractivity contribution in [3.05, 3.63) is 62.9 Å². The van der Waals surface area contributed by atoms with Gasteiger partial charge in [0.25, 0.3) is 0 Å². The van der Waals surface area contributed by atoms with Crippen LogP contribution in [-0.2, 0) is 5.33 Å². The Balaban J connectivity index is 2.42. The van der Waals surface area contributed by atoms with Gasteiger partial charge in [-0.05, 0) is 30.3 Å². The molecule has 0 amide bonds. The number of ether oxygens (including phenoxy) is 1. The molecule has 0 unspecified atom stereocenters. The van der Waals surface area contributed by atoms with E-state index in [9.17, 15) is 14.5 Å². The average Bonchev–Trinajstić information content (AvgIpc) is 2.42. The predicted molar refractivity (Wildman–Crippen MR) is 77.2 cm³/mol. The maximum atomic E-state index is 13.1. The van der Waals surface area contributed by atoms with Gasteiger partial charge in [0, 0.05) is 15.9 Å². The fourth-order valence-corrected chi connectivity index (χ4v) is 2.22. The molecule has 0 spiro atoms. The first-order valence-corrected chi connectivity index (χ1v) is 6.97. The highest BCUT2D eigenvalue weighted by Crippen LogP contribution is 2.35. The molecule has 0 fully saturated rings. The summed E-state index contributed by atoms with van der Waals surface area (Å²) in [6.07, 6.45) is 0. The van der Waals surface area contributed by atoms with Crippen LogP contribution >= 0.6 is 27.5 Å². The Morgan fingerprint density at radius 1 is 1.25 bits per heavy atom. The molecule has 0 bridgehead atoms. The van der Waals surface area contributed by atoms with Crippen molar-refractivity contribution in [3.8, 4) is 11.5 Å². The maximum absolute atomic E-state index is 13.1. The van der Waals surface area contributed by atoms with Crippen LogP contribution in [0.5, 0.6) is 11.5 Å². The molecule has 2 aromatic carbocycles. The molecule has 0 N–H and O–H groups in total. The van der Waals surface area contributed by atoms with Gasteiger partial charge < -0.3 is 4.74 Å². The third kappa shape index (κ3) is 3.26. The highest BCUT2D eigenvalue weighted by Gasteiger charge is 2.18. The lowest BCUT2D eigenvalue weighted by molar-refractivity contribution is -0.385. The molecule has 0 heterocycles. The molecule has 0 aliphatic rings. The van der Waals surface area contributed by atoms with Crippen molar-refractivity contribution in [1.29, 1.82) is 0 Å². The van der Waals surface area contributed by atoms with E-state index in [2.05, 4.69) is 15.9 Å². The van der Waals surface area contributed by atoms with Crippen molar-refractivity contribution >= 4 is 33.2 Å². The molecule has 0 radical (unpaired) electrons. The molecule has 0 aliphatic carbocycles. The van der Waals surface area contributed by atoms with E-state index in [1.807, 2.05) is 0 Å². The van der Waals surface area contributed by atoms with Gasteiger partial charge in [-0.3, -0.25) is 10.1 Å². The molecule has 0 aliphatic heterocycles. The van der Waals surface area contributed by atoms with Crippen molar-refractivity contribution in [2.24, 2.45) is 0 Å². The topological polar surface area (TPSA) is 52.4 Å². The van der Waals surface area contributed by atoms with E-state index in [-0.39, 0.29) is 5.75 Å². The van der Waals surface area contributed by atoms with Crippen LogP contribution in [0, 0.1) is 15.9 Å². The summed E-state index contributed by atoms with van der Waals surface area (Å²) in [5, 5.41) is 11.9. The highest BCUT2D eigenvalue weighted by molar-refractivity contribution is 9.08. The molecule has 0 saturated carbocycles. The second-order valence-electron chi connectivity index (χ2n) is 3.86. The number of nitrogens with zero attached hydrogens (tertiary/aromatic N) is 1. The minimum Gasteiger partial charge on any atom is -0.450 e. The Hall–Kier alpha value is -1.66. The number of alkyl halides is 1. The second-order valence-corrected chi connectivity index (χ2v) is 4.85. The fourth-order valence-electron chi connectivity index (χ4n) is 1.59. The molecule has 7 heteroatoms. The van der Waals surface area contributed by atoms with E-state index in [0.717, 1.165) is 17.7 Å². The summed E-state index contributed by atoms with van der Waals surface area (Å²) < 4.78 is 18.6. The fraction of sp³-hybridized carbons (Fsp3) is 0.0769. The van der Waals surface area contributed by atoms with Crippen LogP contribution in [0.15, 0.2) is 36.4 Å². The van der Waals surface area contributed by atoms with Gasteiger partial charge in [-0.1, -0.05) is 27.5 Å². The van der Waals surface area contributed by atoms with E-state index in [1.165, 1.54) is 6.07 Å². The number of benzene rings is 2. The van der Waals surface area contributed by atoms with E-state index >= 15 is 0 Å². The number of hydrogen-bond donors (Lipinski definition) is 0. The second kappa shape index (κ2) is 6.19. The summed E-state index contributed by atoms with van der Waals surface area (Å²) in [5.74, 6) is -0.303. The van der Waals surface area contributed by atoms with Gasteiger partial charge in [-0.2, -0.15) is 0 Å². The quantitative estimate of drug-likeness (QED) is 0.434. The monoisotopic (exact) mass is 359 g/mol. The minimum absolute atomic E-state index is 0.0269. The Morgan fingerprint density at radius 3 is 2.60 bits per heavy atom. The summed E-state index contributed by atoms with van der Waals surface area (Å²) in [6, 6.07) is 8.04. The molecule has 4 nitrogen and oxygen atoms in total. The SMILES string of the molecule is O=[N+]([O-])c1cc(F)ccc1Oc1ccc(Cl)cc1CBr. The van der Waals surface area contributed by atoms with Crippen molar-refractivity contribution in [1.82, 2.24) is 0 Å². The summed E-state index contributed by atoms with van der Waals surface area (Å²) in [6.45, 7) is 0. The zero-order chi connectivity index (χ0) is 14.7. The number of rotatable bonds is 4. The van der Waals surface area contributed by atoms with Crippen LogP contribution in [0.4, 0.5) is 10.1 Å². The minimum atomic E-state index is -0.694. The molecular weight excluding hydrogens is 353 g/mol. The zero-order valence-electron chi connectivity index (χ0n) is 9.98. The third-order valence-electron chi connectivity index (χ3n) is 2.50. The van der Waals surface area contributed by atoms with Crippen LogP contribution < -0.4 is 4.74 Å². The van der Waals surface area contributed by atoms with Gasteiger partial charge >= 0.3 is 5.69 Å². The van der Waals surface area contributed by atoms with E-state index in [1.54, 1.807) is 18.2 Å². The van der Waals surface area contributed by atoms with Gasteiger partial charge in [0.15, 0.2) is 0 Å². The molecule has 104 valence electrons. The molecule has 20 heavy (non-hydrogen) atoms. The number of nitro benzene ring substituents is 1. The Bertz CT molecular complexity index is 666. The van der Waals surface area contributed by atoms with Gasteiger partial charge in [-0.25, -0.2) is 4.39 Å². The van der Waals surface area contributed by atoms with Gasteiger partial charge in [0.1, 0.15) is 11.6 Å². The first kappa shape index (κ1) is 14.7. The van der Waals surface area contributed by atoms with E-state index < -0.39 is 16.4 Å². The Labute approximate surface area is 127 Å². The number of hydrogen-bond acceptors (Lipinski definition) is 3. The van der Waals surface area contributed by atoms with Crippen molar-refractivity contribution in [2.45, 2.75) is 5.33 Å². The van der Waals surface area contributed by atoms with Crippen LogP contribution in [0.1, 0.15) is 5.56 Å². The lowest BCUT2D eigenvalue weighted by Gasteiger charge is -2.10. The smallest absolute Gasteiger partial charge is 0.314 e. The van der Waals surface area contributed by atoms with Gasteiger partial charge in [0.05, 0.1) is 11.0 Å². The van der Waals surface area contributed by atoms with Crippen LogP contribution in [-0.4, -0.2) is 4.92 Å². The molecule has 0 saturated heterocycles. The number of nitro groups is 1. The van der Waals surface area contributed by atoms with Crippen LogP contribution in [0.2, 0.25) is 5.02 Å². The summed E-state index contributed by atoms with van der Waals surface area (Å²) in [7, 11) is 0. The first-order valence-electron chi connectivity index (χ1n) is 5.47. The lowest BCUT2D eigenvalue weighted by Crippen LogP contribution is -1.96. The normalized spacial score (nSPS) is 10.3. The summed E-state index contributed by atoms with van der Waals surface area (Å²) in [5.41, 5.74) is 0.302. The third-order valence-corrected chi connectivity index (χ3v) is 3.34. The van der Waals surface area contributed by atoms with Crippen molar-refractivity contribution in [2.75, 3.05) is 0 Å². The van der Waals surface area contributed by atoms with Crippen molar-refractivity contribution in [3.63, 3.8) is 0 Å². The Kier molecular flexibility index (Phi) is 4.57. The van der Waals surface area contributed by atoms with E-state index in [0.29, 0.717) is 16.1 Å². The maximum Gasteiger partial charge on any atom is 0.314 e. The van der Waals surface area contributed by atoms with Crippen molar-refractivity contribution < 1.29 is 14.1 Å². The molecule has 0 atom stereocenters. The van der Waals surface area contributed by atoms with Crippen LogP contribution in [0.25, 0.3) is 0 Å². The van der Waals surface area contributed by atoms with Gasteiger partial charge in [-0.15, -0.1) is 0 Å². The molecule has 2 rings (SSSR count). The van der Waals surface area contributed by atoms with E-state index in [4.69, 9.17) is 16.3 Å². The lowest BCUT2D eigenvalue weighted by atomic mass is 10.2. The molecule has 2 aromatic rings. The van der Waals surface area contributed by atoms with Crippen LogP contribution in [0.3, 0.4) is 0 Å². The highest BCUT2D eigenvalue weighted by atomic mass is 79.9. The summed E-state index contributed by atoms with van der Waals surface area (Å²) >= 11 is 9.15. The predicted octanol–water partition coefficient (Wildman–Crippen LogP) is 5.07. The summed E-state index contributed by atoms with van der Waals surface area (Å²) in [4.78, 5) is 10.2. The average molecular weight is 361 g/mol. The standard InChI is InChI=1S/C13H8BrClFNO3/c14-7-8-5-9(15)1-3-12(8)20-13-4-2-10(16)6-11(13)17(18)19/h1-6H,7H2. The number of halogens is 3. The van der Waals surface area contributed by atoms with Gasteiger partial charge in [0.2, 0.25) is 5.75 Å². The largest absolute Gasteiger partial charge is 0.450 e. The Morgan fingerprint density at radius 2 is 1.95 bits per heavy atom. The molecule has 0 aromatic heterocycles.